The molecule has 0 amide bonds. The third-order valence-corrected chi connectivity index (χ3v) is 18.8. The van der Waals surface area contributed by atoms with Crippen molar-refractivity contribution in [3.63, 3.8) is 0 Å². The van der Waals surface area contributed by atoms with E-state index in [0.29, 0.717) is 66.3 Å². The topological polar surface area (TPSA) is 137 Å². The van der Waals surface area contributed by atoms with Gasteiger partial charge < -0.3 is 35.5 Å². The summed E-state index contributed by atoms with van der Waals surface area (Å²) in [5, 5.41) is 37.8. The Bertz CT molecular complexity index is 2340. The number of phenolic OH excluding ortho intramolecular Hbond substituents is 1. The van der Waals surface area contributed by atoms with Gasteiger partial charge in [0, 0.05) is 41.6 Å². The highest BCUT2D eigenvalue weighted by molar-refractivity contribution is 5.85. The predicted molar refractivity (Wildman–Crippen MR) is 264 cm³/mol. The van der Waals surface area contributed by atoms with Crippen LogP contribution in [-0.2, 0) is 17.6 Å². The van der Waals surface area contributed by atoms with E-state index in [9.17, 15) is 15.3 Å². The number of epoxide rings is 1. The summed E-state index contributed by atoms with van der Waals surface area (Å²) in [6.45, 7) is 11.4. The highest BCUT2D eigenvalue weighted by Gasteiger charge is 2.67. The zero-order valence-electron chi connectivity index (χ0n) is 39.8. The van der Waals surface area contributed by atoms with E-state index in [1.54, 1.807) is 0 Å². The van der Waals surface area contributed by atoms with E-state index >= 15 is 0 Å². The molecule has 1 aliphatic heterocycles. The number of aromatic hydroxyl groups is 1. The van der Waals surface area contributed by atoms with Gasteiger partial charge in [-0.3, -0.25) is 4.99 Å². The molecule has 3 aromatic carbocycles. The number of hydrogen-bond donors (Lipinski definition) is 5. The summed E-state index contributed by atoms with van der Waals surface area (Å²) in [6, 6.07) is 25.1. The van der Waals surface area contributed by atoms with Crippen molar-refractivity contribution in [3.05, 3.63) is 114 Å². The molecule has 5 aliphatic carbocycles. The average molecular weight is 896 g/mol. The second kappa shape index (κ2) is 18.4. The van der Waals surface area contributed by atoms with Gasteiger partial charge in [-0.25, -0.2) is 0 Å². The maximum absolute atomic E-state index is 11.4. The number of guanidine groups is 1. The van der Waals surface area contributed by atoms with Crippen LogP contribution >= 0.6 is 0 Å². The number of phenols is 1. The van der Waals surface area contributed by atoms with Crippen LogP contribution in [0.15, 0.2) is 107 Å². The number of fused-ring (bicyclic) bond motifs is 4. The fraction of sp³-hybridized carbons (Fsp3) is 0.603. The minimum Gasteiger partial charge on any atom is -0.508 e. The first kappa shape index (κ1) is 45.7. The summed E-state index contributed by atoms with van der Waals surface area (Å²) in [5.74, 6) is 4.37. The van der Waals surface area contributed by atoms with Gasteiger partial charge in [0.1, 0.15) is 5.75 Å². The zero-order valence-corrected chi connectivity index (χ0v) is 39.8. The van der Waals surface area contributed by atoms with Crippen LogP contribution in [0.25, 0.3) is 10.8 Å². The lowest BCUT2D eigenvalue weighted by atomic mass is 9.45. The van der Waals surface area contributed by atoms with E-state index in [0.717, 1.165) is 87.9 Å². The first-order chi connectivity index (χ1) is 31.8. The summed E-state index contributed by atoms with van der Waals surface area (Å²) in [5.41, 5.74) is 11.7. The van der Waals surface area contributed by atoms with Crippen molar-refractivity contribution in [1.82, 2.24) is 5.32 Å². The molecular weight excluding hydrogens is 819 g/mol. The molecule has 13 atom stereocenters. The maximum Gasteiger partial charge on any atom is 0.188 e. The Morgan fingerprint density at radius 2 is 1.73 bits per heavy atom. The number of aliphatic imine (C=N–C) groups is 1. The molecular formula is C58H77N3O5. The van der Waals surface area contributed by atoms with Gasteiger partial charge in [0.15, 0.2) is 5.96 Å². The van der Waals surface area contributed by atoms with Crippen LogP contribution in [0.4, 0.5) is 0 Å². The van der Waals surface area contributed by atoms with Crippen molar-refractivity contribution in [2.75, 3.05) is 13.1 Å². The Balaban J connectivity index is 0.817. The van der Waals surface area contributed by atoms with Crippen LogP contribution in [0.1, 0.15) is 139 Å². The van der Waals surface area contributed by atoms with Gasteiger partial charge in [-0.05, 0) is 186 Å². The van der Waals surface area contributed by atoms with E-state index in [-0.39, 0.29) is 28.5 Å². The van der Waals surface area contributed by atoms with Crippen molar-refractivity contribution in [2.45, 2.75) is 159 Å². The van der Waals surface area contributed by atoms with Crippen molar-refractivity contribution in [2.24, 2.45) is 57.1 Å². The van der Waals surface area contributed by atoms with Gasteiger partial charge >= 0.3 is 0 Å². The first-order valence-electron chi connectivity index (χ1n) is 25.9. The monoisotopic (exact) mass is 896 g/mol. The normalized spacial score (nSPS) is 37.1. The Kier molecular flexibility index (Phi) is 12.7. The van der Waals surface area contributed by atoms with E-state index < -0.39 is 5.60 Å². The molecule has 6 aliphatic rings. The fourth-order valence-corrected chi connectivity index (χ4v) is 15.3. The number of ether oxygens (including phenoxy) is 1. The number of allylic oxidation sites excluding steroid dienone is 1. The summed E-state index contributed by atoms with van der Waals surface area (Å²) in [7, 11) is 0. The van der Waals surface area contributed by atoms with Crippen LogP contribution < -0.4 is 11.1 Å². The summed E-state index contributed by atoms with van der Waals surface area (Å²) >= 11 is 0. The van der Waals surface area contributed by atoms with Gasteiger partial charge in [0.25, 0.3) is 0 Å². The Morgan fingerprint density at radius 3 is 2.55 bits per heavy atom. The van der Waals surface area contributed by atoms with E-state index in [2.05, 4.69) is 79.8 Å². The summed E-state index contributed by atoms with van der Waals surface area (Å²) < 4.78 is 12.5. The molecule has 0 bridgehead atoms. The standard InChI is InChI=1S/C58H77N3O5/c1-38-30-57(25-20-41(31-57)21-26-58(64)23-8-12-47(63)32-58)53-56(3,66-53)24-22-51-49(38)33-55(51,2)52-29-42(28-45(52)27-40-15-18-46(62)19-16-40)34-60-54(59)61-35-43(17-14-39-9-5-4-6-10-39)48-13-7-11-44-36-65-37-50(44)48/h4-7,9-11,13,15-16,18-19,36-37,41-43,45,47,49,51-53,62-64H,1,8,12,14,17,20-35H2,2-3H3,(H3,59,60,61). The van der Waals surface area contributed by atoms with Crippen LogP contribution in [0, 0.1) is 46.3 Å². The van der Waals surface area contributed by atoms with Crippen LogP contribution in [0.3, 0.4) is 0 Å². The number of nitrogens with zero attached hydrogens (tertiary/aromatic N) is 1. The highest BCUT2D eigenvalue weighted by atomic mass is 16.6. The molecule has 13 unspecified atom stereocenters. The fourth-order valence-electron chi connectivity index (χ4n) is 15.3. The number of nitrogens with one attached hydrogen (secondary N) is 1. The largest absolute Gasteiger partial charge is 0.508 e. The number of nitrogens with two attached hydrogens (primary N) is 1. The van der Waals surface area contributed by atoms with E-state index in [4.69, 9.17) is 26.5 Å². The molecule has 1 aromatic heterocycles. The minimum atomic E-state index is -0.706. The number of furan rings is 1. The lowest BCUT2D eigenvalue weighted by Gasteiger charge is -2.59. The maximum atomic E-state index is 11.4. The molecule has 8 nitrogen and oxygen atoms in total. The van der Waals surface area contributed by atoms with Crippen molar-refractivity contribution >= 4 is 16.7 Å². The van der Waals surface area contributed by atoms with Crippen LogP contribution in [-0.4, -0.2) is 57.8 Å². The first-order valence-corrected chi connectivity index (χ1v) is 25.9. The number of aliphatic hydroxyl groups excluding tert-OH is 1. The SMILES string of the molecule is C=C1CC2(CCC(CCC3(O)CCCC(O)C3)C2)C2OC2(C)CCC2C1CC2(C)C1CC(CNC(N)=NCC(CCc2ccccc2)c2cccc3cocc23)CC1Cc1ccc(O)cc1. The zero-order chi connectivity index (χ0) is 45.7. The molecule has 6 fully saturated rings. The van der Waals surface area contributed by atoms with Gasteiger partial charge in [-0.2, -0.15) is 0 Å². The number of hydrogen-bond acceptors (Lipinski definition) is 6. The molecule has 4 aromatic rings. The Morgan fingerprint density at radius 1 is 0.894 bits per heavy atom. The molecule has 10 rings (SSSR count). The van der Waals surface area contributed by atoms with Gasteiger partial charge in [-0.1, -0.05) is 79.7 Å². The molecule has 2 heterocycles. The molecule has 0 radical (unpaired) electrons. The molecule has 1 saturated heterocycles. The number of benzene rings is 3. The molecule has 66 heavy (non-hydrogen) atoms. The molecule has 5 saturated carbocycles. The van der Waals surface area contributed by atoms with Crippen molar-refractivity contribution in [1.29, 1.82) is 0 Å². The molecule has 6 N–H and O–H groups in total. The number of aliphatic hydroxyl groups is 2. The smallest absolute Gasteiger partial charge is 0.188 e. The quantitative estimate of drug-likeness (QED) is 0.0368. The van der Waals surface area contributed by atoms with Crippen LogP contribution in [0.2, 0.25) is 0 Å². The molecule has 1 spiro atoms. The Labute approximate surface area is 393 Å². The Hall–Kier alpha value is -4.11. The van der Waals surface area contributed by atoms with Gasteiger partial charge in [-0.15, -0.1) is 0 Å². The van der Waals surface area contributed by atoms with Crippen LogP contribution in [0.5, 0.6) is 5.75 Å². The summed E-state index contributed by atoms with van der Waals surface area (Å²) in [4.78, 5) is 5.02. The molecule has 354 valence electrons. The average Bonchev–Trinajstić information content (AvgIpc) is 3.68. The van der Waals surface area contributed by atoms with Gasteiger partial charge in [0.2, 0.25) is 0 Å². The second-order valence-electron chi connectivity index (χ2n) is 23.2. The van der Waals surface area contributed by atoms with Gasteiger partial charge in [0.05, 0.1) is 35.9 Å². The third-order valence-electron chi connectivity index (χ3n) is 18.8. The van der Waals surface area contributed by atoms with E-state index in [1.807, 2.05) is 24.7 Å². The number of rotatable bonds is 14. The second-order valence-corrected chi connectivity index (χ2v) is 23.2. The minimum absolute atomic E-state index is 0.0672. The van der Waals surface area contributed by atoms with Crippen molar-refractivity contribution < 1.29 is 24.5 Å². The molecule has 8 heteroatoms. The highest BCUT2D eigenvalue weighted by Crippen LogP contribution is 2.69. The summed E-state index contributed by atoms with van der Waals surface area (Å²) in [6.07, 6.45) is 22.0. The lowest BCUT2D eigenvalue weighted by Crippen LogP contribution is -2.52. The predicted octanol–water partition coefficient (Wildman–Crippen LogP) is 11.4. The lowest BCUT2D eigenvalue weighted by molar-refractivity contribution is -0.0829. The van der Waals surface area contributed by atoms with E-state index in [1.165, 1.54) is 60.8 Å². The number of aryl methyl sites for hydroxylation is 1. The third kappa shape index (κ3) is 9.37. The van der Waals surface area contributed by atoms with Crippen molar-refractivity contribution in [3.8, 4) is 5.75 Å².